The summed E-state index contributed by atoms with van der Waals surface area (Å²) in [5.41, 5.74) is 2.18. The number of carbonyl (C=O) groups excluding carboxylic acids is 1. The molecule has 2 heteroatoms. The van der Waals surface area contributed by atoms with Crippen molar-refractivity contribution in [2.45, 2.75) is 71.1 Å². The van der Waals surface area contributed by atoms with Crippen LogP contribution in [-0.4, -0.2) is 13.1 Å². The van der Waals surface area contributed by atoms with E-state index >= 15 is 0 Å². The summed E-state index contributed by atoms with van der Waals surface area (Å²) in [6, 6.07) is 8.09. The van der Waals surface area contributed by atoms with Crippen molar-refractivity contribution in [3.63, 3.8) is 0 Å². The van der Waals surface area contributed by atoms with E-state index < -0.39 is 0 Å². The largest absolute Gasteiger partial charge is 0.466 e. The molecule has 1 rings (SSSR count). The molecule has 0 bridgehead atoms. The van der Waals surface area contributed by atoms with Gasteiger partial charge in [0.25, 0.3) is 0 Å². The van der Waals surface area contributed by atoms with Crippen LogP contribution in [-0.2, 0) is 9.53 Å². The molecule has 25 heavy (non-hydrogen) atoms. The lowest BCUT2D eigenvalue weighted by Crippen LogP contribution is -1.93. The predicted molar refractivity (Wildman–Crippen MR) is 108 cm³/mol. The summed E-state index contributed by atoms with van der Waals surface area (Å²) in [5.74, 6) is -0.325. The zero-order chi connectivity index (χ0) is 18.2. The number of hydrogen-bond acceptors (Lipinski definition) is 2. The summed E-state index contributed by atoms with van der Waals surface area (Å²) < 4.78 is 4.64. The minimum Gasteiger partial charge on any atom is -0.466 e. The van der Waals surface area contributed by atoms with Crippen LogP contribution < -0.4 is 0 Å². The Balaban J connectivity index is 2.24. The second kappa shape index (κ2) is 14.5. The lowest BCUT2D eigenvalue weighted by molar-refractivity contribution is -0.134. The molecule has 0 aliphatic heterocycles. The van der Waals surface area contributed by atoms with Crippen LogP contribution in [0.1, 0.15) is 82.3 Å². The number of allylic oxidation sites excluding steroid dienone is 1. The average molecular weight is 343 g/mol. The Morgan fingerprint density at radius 2 is 1.44 bits per heavy atom. The highest BCUT2D eigenvalue weighted by atomic mass is 16.5. The third-order valence-electron chi connectivity index (χ3n) is 4.37. The third-order valence-corrected chi connectivity index (χ3v) is 4.37. The lowest BCUT2D eigenvalue weighted by atomic mass is 10.0. The Hall–Kier alpha value is -1.83. The monoisotopic (exact) mass is 342 g/mol. The Morgan fingerprint density at radius 1 is 0.880 bits per heavy atom. The van der Waals surface area contributed by atoms with E-state index in [0.29, 0.717) is 0 Å². The molecule has 0 radical (unpaired) electrons. The van der Waals surface area contributed by atoms with Crippen molar-refractivity contribution < 1.29 is 9.53 Å². The van der Waals surface area contributed by atoms with Crippen LogP contribution in [0.15, 0.2) is 36.4 Å². The van der Waals surface area contributed by atoms with E-state index in [0.717, 1.165) is 17.5 Å². The molecule has 0 saturated heterocycles. The van der Waals surface area contributed by atoms with Gasteiger partial charge in [-0.3, -0.25) is 0 Å². The molecule has 1 aromatic carbocycles. The first-order chi connectivity index (χ1) is 12.3. The topological polar surface area (TPSA) is 26.3 Å². The summed E-state index contributed by atoms with van der Waals surface area (Å²) in [6.07, 6.45) is 21.0. The zero-order valence-electron chi connectivity index (χ0n) is 16.0. The molecule has 0 unspecified atom stereocenters. The molecule has 0 aromatic heterocycles. The van der Waals surface area contributed by atoms with Gasteiger partial charge in [-0.25, -0.2) is 4.79 Å². The highest BCUT2D eigenvalue weighted by molar-refractivity contribution is 5.87. The fourth-order valence-electron chi connectivity index (χ4n) is 2.82. The third kappa shape index (κ3) is 10.6. The molecule has 0 fully saturated rings. The van der Waals surface area contributed by atoms with Crippen LogP contribution in [0.2, 0.25) is 0 Å². The normalized spacial score (nSPS) is 11.4. The molecule has 2 nitrogen and oxygen atoms in total. The van der Waals surface area contributed by atoms with Gasteiger partial charge in [0.05, 0.1) is 7.11 Å². The molecule has 0 atom stereocenters. The van der Waals surface area contributed by atoms with Crippen LogP contribution in [0.25, 0.3) is 12.2 Å². The summed E-state index contributed by atoms with van der Waals surface area (Å²) in [4.78, 5) is 11.2. The SMILES string of the molecule is CCCCCCCCCCCC=Cc1ccccc1C=CC(=O)OC. The van der Waals surface area contributed by atoms with E-state index in [1.54, 1.807) is 0 Å². The summed E-state index contributed by atoms with van der Waals surface area (Å²) in [5, 5.41) is 0. The Bertz CT molecular complexity index is 529. The first-order valence-electron chi connectivity index (χ1n) is 9.79. The fraction of sp³-hybridized carbons (Fsp3) is 0.522. The number of esters is 1. The van der Waals surface area contributed by atoms with Gasteiger partial charge in [-0.05, 0) is 30.0 Å². The number of benzene rings is 1. The van der Waals surface area contributed by atoms with Crippen LogP contribution in [0.4, 0.5) is 0 Å². The molecule has 0 saturated carbocycles. The van der Waals surface area contributed by atoms with Crippen molar-refractivity contribution in [1.82, 2.24) is 0 Å². The van der Waals surface area contributed by atoms with Gasteiger partial charge < -0.3 is 4.74 Å². The molecule has 0 N–H and O–H groups in total. The maximum absolute atomic E-state index is 11.2. The molecular weight excluding hydrogens is 308 g/mol. The van der Waals surface area contributed by atoms with Gasteiger partial charge in [0.15, 0.2) is 0 Å². The van der Waals surface area contributed by atoms with E-state index in [9.17, 15) is 4.79 Å². The number of methoxy groups -OCH3 is 1. The maximum Gasteiger partial charge on any atom is 0.330 e. The molecule has 0 aliphatic rings. The van der Waals surface area contributed by atoms with Gasteiger partial charge in [0, 0.05) is 6.08 Å². The highest BCUT2D eigenvalue weighted by Crippen LogP contribution is 2.15. The van der Waals surface area contributed by atoms with Gasteiger partial charge in [-0.2, -0.15) is 0 Å². The molecule has 0 aliphatic carbocycles. The standard InChI is InChI=1S/C23H34O2/c1-3-4-5-6-7-8-9-10-11-12-13-16-21-17-14-15-18-22(21)19-20-23(24)25-2/h13-20H,3-12H2,1-2H3. The molecule has 0 amide bonds. The van der Waals surface area contributed by atoms with Gasteiger partial charge in [-0.15, -0.1) is 0 Å². The number of hydrogen-bond donors (Lipinski definition) is 0. The van der Waals surface area contributed by atoms with Gasteiger partial charge in [0.2, 0.25) is 0 Å². The van der Waals surface area contributed by atoms with Crippen molar-refractivity contribution in [3.05, 3.63) is 47.5 Å². The van der Waals surface area contributed by atoms with Gasteiger partial charge >= 0.3 is 5.97 Å². The summed E-state index contributed by atoms with van der Waals surface area (Å²) >= 11 is 0. The summed E-state index contributed by atoms with van der Waals surface area (Å²) in [6.45, 7) is 2.27. The van der Waals surface area contributed by atoms with Gasteiger partial charge in [0.1, 0.15) is 0 Å². The van der Waals surface area contributed by atoms with E-state index in [1.165, 1.54) is 71.0 Å². The maximum atomic E-state index is 11.2. The van der Waals surface area contributed by atoms with E-state index in [2.05, 4.69) is 29.9 Å². The molecule has 138 valence electrons. The van der Waals surface area contributed by atoms with Crippen LogP contribution in [0.5, 0.6) is 0 Å². The van der Waals surface area contributed by atoms with E-state index in [-0.39, 0.29) is 5.97 Å². The quantitative estimate of drug-likeness (QED) is 0.224. The van der Waals surface area contributed by atoms with Crippen LogP contribution in [0, 0.1) is 0 Å². The second-order valence-electron chi connectivity index (χ2n) is 6.50. The predicted octanol–water partition coefficient (Wildman–Crippen LogP) is 6.81. The van der Waals surface area contributed by atoms with Crippen molar-refractivity contribution in [3.8, 4) is 0 Å². The molecule has 1 aromatic rings. The lowest BCUT2D eigenvalue weighted by Gasteiger charge is -2.02. The number of carbonyl (C=O) groups is 1. The number of rotatable bonds is 13. The smallest absolute Gasteiger partial charge is 0.330 e. The van der Waals surface area contributed by atoms with Crippen LogP contribution in [0.3, 0.4) is 0 Å². The molecule has 0 spiro atoms. The number of unbranched alkanes of at least 4 members (excludes halogenated alkanes) is 9. The molecular formula is C23H34O2. The first-order valence-corrected chi connectivity index (χ1v) is 9.79. The molecule has 0 heterocycles. The van der Waals surface area contributed by atoms with Crippen molar-refractivity contribution in [2.24, 2.45) is 0 Å². The first kappa shape index (κ1) is 21.2. The minimum atomic E-state index is -0.325. The number of ether oxygens (including phenoxy) is 1. The average Bonchev–Trinajstić information content (AvgIpc) is 2.64. The van der Waals surface area contributed by atoms with E-state index in [1.807, 2.05) is 24.3 Å². The van der Waals surface area contributed by atoms with Crippen LogP contribution >= 0.6 is 0 Å². The fourth-order valence-corrected chi connectivity index (χ4v) is 2.82. The van der Waals surface area contributed by atoms with Crippen molar-refractivity contribution in [1.29, 1.82) is 0 Å². The van der Waals surface area contributed by atoms with Crippen molar-refractivity contribution in [2.75, 3.05) is 7.11 Å². The Labute approximate surface area is 154 Å². The van der Waals surface area contributed by atoms with E-state index in [4.69, 9.17) is 0 Å². The minimum absolute atomic E-state index is 0.325. The Kier molecular flexibility index (Phi) is 12.3. The zero-order valence-corrected chi connectivity index (χ0v) is 16.0. The summed E-state index contributed by atoms with van der Waals surface area (Å²) in [7, 11) is 1.39. The Morgan fingerprint density at radius 3 is 2.04 bits per heavy atom. The highest BCUT2D eigenvalue weighted by Gasteiger charge is 1.97. The van der Waals surface area contributed by atoms with Gasteiger partial charge in [-0.1, -0.05) is 94.7 Å². The van der Waals surface area contributed by atoms with Crippen molar-refractivity contribution >= 4 is 18.1 Å². The second-order valence-corrected chi connectivity index (χ2v) is 6.50.